The van der Waals surface area contributed by atoms with Crippen molar-refractivity contribution in [2.75, 3.05) is 25.0 Å². The number of anilines is 1. The van der Waals surface area contributed by atoms with Crippen molar-refractivity contribution >= 4 is 47.2 Å². The summed E-state index contributed by atoms with van der Waals surface area (Å²) in [5.74, 6) is -4.07. The maximum atomic E-state index is 13.2. The van der Waals surface area contributed by atoms with Crippen molar-refractivity contribution in [3.8, 4) is 0 Å². The lowest BCUT2D eigenvalue weighted by molar-refractivity contribution is -0.285. The second-order valence-electron chi connectivity index (χ2n) is 12.7. The third kappa shape index (κ3) is 14.7. The molecule has 4 amide bonds. The van der Waals surface area contributed by atoms with E-state index in [0.717, 1.165) is 20.8 Å². The Hall–Kier alpha value is -6.04. The second kappa shape index (κ2) is 22.4. The van der Waals surface area contributed by atoms with Crippen molar-refractivity contribution in [1.29, 1.82) is 0 Å². The molecule has 0 spiro atoms. The molecule has 19 heteroatoms. The fraction of sp³-hybridized carbons (Fsp3) is 0.486. The van der Waals surface area contributed by atoms with Gasteiger partial charge in [-0.15, -0.1) is 0 Å². The van der Waals surface area contributed by atoms with Gasteiger partial charge in [-0.2, -0.15) is 0 Å². The summed E-state index contributed by atoms with van der Waals surface area (Å²) in [6.45, 7) is 5.44. The molecule has 1 saturated heterocycles. The summed E-state index contributed by atoms with van der Waals surface area (Å²) < 4.78 is 29.1. The van der Waals surface area contributed by atoms with Gasteiger partial charge >= 0.3 is 17.9 Å². The van der Waals surface area contributed by atoms with Crippen LogP contribution in [0.2, 0.25) is 0 Å². The Bertz CT molecular complexity index is 1740. The summed E-state index contributed by atoms with van der Waals surface area (Å²) in [5, 5.41) is 14.1. The topological polar surface area (TPSA) is 263 Å². The number of carbonyl (C=O) groups excluding carboxylic acids is 7. The largest absolute Gasteiger partial charge is 0.463 e. The number of nitrogens with zero attached hydrogens (tertiary/aromatic N) is 3. The average Bonchev–Trinajstić information content (AvgIpc) is 3.13. The molecule has 0 aromatic heterocycles. The van der Waals surface area contributed by atoms with Gasteiger partial charge in [0.15, 0.2) is 18.5 Å². The van der Waals surface area contributed by atoms with Crippen LogP contribution in [0.25, 0.3) is 10.4 Å². The van der Waals surface area contributed by atoms with Crippen LogP contribution in [-0.4, -0.2) is 97.9 Å². The van der Waals surface area contributed by atoms with Crippen LogP contribution in [0.1, 0.15) is 71.1 Å². The highest BCUT2D eigenvalue weighted by molar-refractivity contribution is 5.97. The summed E-state index contributed by atoms with van der Waals surface area (Å²) in [7, 11) is 0. The lowest BCUT2D eigenvalue weighted by Crippen LogP contribution is -2.67. The highest BCUT2D eigenvalue weighted by atomic mass is 16.7. The van der Waals surface area contributed by atoms with E-state index in [9.17, 15) is 33.6 Å². The number of rotatable bonds is 19. The van der Waals surface area contributed by atoms with Crippen LogP contribution in [0.3, 0.4) is 0 Å². The van der Waals surface area contributed by atoms with Crippen molar-refractivity contribution in [3.63, 3.8) is 0 Å². The van der Waals surface area contributed by atoms with Gasteiger partial charge in [0.2, 0.25) is 23.6 Å². The lowest BCUT2D eigenvalue weighted by atomic mass is 9.95. The van der Waals surface area contributed by atoms with Gasteiger partial charge in [-0.1, -0.05) is 47.6 Å². The van der Waals surface area contributed by atoms with E-state index in [1.54, 1.807) is 54.6 Å². The number of hydrogen-bond donors (Lipinski definition) is 4. The Morgan fingerprint density at radius 2 is 1.46 bits per heavy atom. The molecule has 2 unspecified atom stereocenters. The van der Waals surface area contributed by atoms with Gasteiger partial charge < -0.3 is 45.0 Å². The molecule has 0 bridgehead atoms. The third-order valence-corrected chi connectivity index (χ3v) is 8.15. The van der Waals surface area contributed by atoms with Gasteiger partial charge in [0.25, 0.3) is 0 Å². The summed E-state index contributed by atoms with van der Waals surface area (Å²) in [6, 6.07) is 13.2. The molecule has 0 saturated carbocycles. The molecule has 1 aliphatic heterocycles. The van der Waals surface area contributed by atoms with E-state index in [2.05, 4.69) is 31.3 Å². The van der Waals surface area contributed by atoms with Gasteiger partial charge in [0.05, 0.1) is 0 Å². The maximum absolute atomic E-state index is 13.2. The Morgan fingerprint density at radius 3 is 2.05 bits per heavy atom. The fourth-order valence-electron chi connectivity index (χ4n) is 5.83. The lowest BCUT2D eigenvalue weighted by Gasteiger charge is -2.45. The molecule has 19 nitrogen and oxygen atoms in total. The van der Waals surface area contributed by atoms with Crippen molar-refractivity contribution in [1.82, 2.24) is 16.0 Å². The standard InChI is InChI=1S/C37H47N7O12/c1-21(45)39-18-10-9-13-29(41-22(2)46)36(51)42-28-16-14-27(15-17-28)33(26-11-7-6-8-12-26)56-37-32(43-31(50)19-40-44-38)35(54-25(5)49)34(53-24(4)48)30(55-37)20-52-23(3)47/h6-8,11-12,14-17,29-30,32-35,37H,9-10,13,18-20H2,1-5H3,(H,39,45)(H,41,46)(H,42,51)(H,43,50)/t29?,30-,32+,33?,34-,35-,37+/m1/s1. The van der Waals surface area contributed by atoms with Gasteiger partial charge in [0, 0.05) is 51.8 Å². The normalized spacial score (nSPS) is 19.8. The van der Waals surface area contributed by atoms with Crippen molar-refractivity contribution < 1.29 is 57.2 Å². The van der Waals surface area contributed by atoms with Gasteiger partial charge in [-0.3, -0.25) is 33.6 Å². The number of nitrogens with one attached hydrogen (secondary N) is 4. The van der Waals surface area contributed by atoms with Crippen molar-refractivity contribution in [2.24, 2.45) is 5.11 Å². The number of ether oxygens (including phenoxy) is 5. The third-order valence-electron chi connectivity index (χ3n) is 8.15. The summed E-state index contributed by atoms with van der Waals surface area (Å²) in [6.07, 6.45) is -5.01. The average molecular weight is 782 g/mol. The Kier molecular flexibility index (Phi) is 17.7. The summed E-state index contributed by atoms with van der Waals surface area (Å²) in [5.41, 5.74) is 10.3. The first kappa shape index (κ1) is 44.4. The van der Waals surface area contributed by atoms with Crippen LogP contribution >= 0.6 is 0 Å². The number of unbranched alkanes of at least 4 members (excludes halogenated alkanes) is 1. The number of benzene rings is 2. The molecule has 0 aliphatic carbocycles. The van der Waals surface area contributed by atoms with Crippen molar-refractivity contribution in [2.45, 2.75) is 96.7 Å². The SMILES string of the molecule is CC(=O)NCCCCC(NC(C)=O)C(=O)Nc1ccc(C(O[C@@H]2O[C@H](COC(C)=O)[C@@H](OC(C)=O)[C@H](OC(C)=O)[C@@H]2NC(=O)CN=[N+]=[N-])c2ccccc2)cc1. The first-order valence-corrected chi connectivity index (χ1v) is 17.7. The molecule has 1 aliphatic rings. The second-order valence-corrected chi connectivity index (χ2v) is 12.7. The zero-order valence-electron chi connectivity index (χ0n) is 31.7. The first-order chi connectivity index (χ1) is 26.7. The smallest absolute Gasteiger partial charge is 0.303 e. The van der Waals surface area contributed by atoms with Gasteiger partial charge in [-0.25, -0.2) is 0 Å². The van der Waals surface area contributed by atoms with Crippen LogP contribution in [-0.2, 0) is 57.2 Å². The molecule has 56 heavy (non-hydrogen) atoms. The zero-order valence-corrected chi connectivity index (χ0v) is 31.7. The predicted molar refractivity (Wildman–Crippen MR) is 197 cm³/mol. The zero-order chi connectivity index (χ0) is 41.2. The molecule has 0 radical (unpaired) electrons. The number of azide groups is 1. The van der Waals surface area contributed by atoms with Crippen molar-refractivity contribution in [3.05, 3.63) is 76.2 Å². The van der Waals surface area contributed by atoms with Crippen LogP contribution in [0.5, 0.6) is 0 Å². The molecular weight excluding hydrogens is 734 g/mol. The van der Waals surface area contributed by atoms with E-state index in [1.165, 1.54) is 13.8 Å². The van der Waals surface area contributed by atoms with E-state index < -0.39 is 85.7 Å². The van der Waals surface area contributed by atoms with Crippen LogP contribution < -0.4 is 21.3 Å². The minimum atomic E-state index is -1.48. The summed E-state index contributed by atoms with van der Waals surface area (Å²) in [4.78, 5) is 88.3. The molecule has 4 N–H and O–H groups in total. The highest BCUT2D eigenvalue weighted by Gasteiger charge is 2.52. The number of amides is 4. The highest BCUT2D eigenvalue weighted by Crippen LogP contribution is 2.34. The van der Waals surface area contributed by atoms with E-state index >= 15 is 0 Å². The number of hydrogen-bond acceptors (Lipinski definition) is 13. The molecule has 2 aromatic carbocycles. The molecular formula is C37H47N7O12. The fourth-order valence-corrected chi connectivity index (χ4v) is 5.83. The number of carbonyl (C=O) groups is 7. The number of esters is 3. The maximum Gasteiger partial charge on any atom is 0.303 e. The van der Waals surface area contributed by atoms with Crippen LogP contribution in [0.4, 0.5) is 5.69 Å². The van der Waals surface area contributed by atoms with E-state index in [4.69, 9.17) is 29.2 Å². The Balaban J connectivity index is 1.98. The first-order valence-electron chi connectivity index (χ1n) is 17.7. The minimum absolute atomic E-state index is 0.160. The van der Waals surface area contributed by atoms with Crippen LogP contribution in [0.15, 0.2) is 59.7 Å². The van der Waals surface area contributed by atoms with Gasteiger partial charge in [-0.05, 0) is 48.1 Å². The Morgan fingerprint density at radius 1 is 0.821 bits per heavy atom. The molecule has 3 rings (SSSR count). The monoisotopic (exact) mass is 781 g/mol. The molecule has 2 aromatic rings. The predicted octanol–water partition coefficient (Wildman–Crippen LogP) is 2.49. The minimum Gasteiger partial charge on any atom is -0.463 e. The molecule has 302 valence electrons. The summed E-state index contributed by atoms with van der Waals surface area (Å²) >= 11 is 0. The van der Waals surface area contributed by atoms with E-state index in [1.807, 2.05) is 0 Å². The van der Waals surface area contributed by atoms with E-state index in [0.29, 0.717) is 42.6 Å². The van der Waals surface area contributed by atoms with E-state index in [-0.39, 0.29) is 11.8 Å². The Labute approximate surface area is 323 Å². The molecule has 7 atom stereocenters. The van der Waals surface area contributed by atoms with Gasteiger partial charge in [0.1, 0.15) is 37.4 Å². The quantitative estimate of drug-likeness (QED) is 0.0400. The molecule has 1 fully saturated rings. The molecule has 1 heterocycles. The van der Waals surface area contributed by atoms with Crippen LogP contribution in [0, 0.1) is 0 Å².